The molecule has 0 aliphatic carbocycles. The molecule has 0 unspecified atom stereocenters. The fraction of sp³-hybridized carbons (Fsp3) is 0.500. The first-order valence-corrected chi connectivity index (χ1v) is 6.14. The smallest absolute Gasteiger partial charge is 0.153 e. The molecule has 0 radical (unpaired) electrons. The summed E-state index contributed by atoms with van der Waals surface area (Å²) in [5.41, 5.74) is 6.24. The summed E-state index contributed by atoms with van der Waals surface area (Å²) in [5, 5.41) is 0. The third-order valence-electron chi connectivity index (χ3n) is 2.65. The maximum absolute atomic E-state index is 5.95. The van der Waals surface area contributed by atoms with E-state index in [-0.39, 0.29) is 5.41 Å². The number of thiocarbonyl (C=S) groups is 1. The number of nitrogens with two attached hydrogens (primary N) is 1. The summed E-state index contributed by atoms with van der Waals surface area (Å²) in [5.74, 6) is 0.845. The zero-order valence-electron chi connectivity index (χ0n) is 11.2. The van der Waals surface area contributed by atoms with E-state index in [4.69, 9.17) is 22.7 Å². The van der Waals surface area contributed by atoms with E-state index >= 15 is 0 Å². The Morgan fingerprint density at radius 3 is 2.12 bits per heavy atom. The van der Waals surface area contributed by atoms with Crippen molar-refractivity contribution >= 4 is 17.2 Å². The first kappa shape index (κ1) is 14.0. The van der Waals surface area contributed by atoms with Crippen molar-refractivity contribution < 1.29 is 4.74 Å². The van der Waals surface area contributed by atoms with Gasteiger partial charge in [0, 0.05) is 0 Å². The van der Waals surface area contributed by atoms with Crippen molar-refractivity contribution in [3.8, 4) is 5.75 Å². The molecule has 0 bridgehead atoms. The molecule has 0 heterocycles. The van der Waals surface area contributed by atoms with Gasteiger partial charge in [0.05, 0.1) is 0 Å². The van der Waals surface area contributed by atoms with Gasteiger partial charge in [-0.25, -0.2) is 0 Å². The van der Waals surface area contributed by atoms with Crippen molar-refractivity contribution in [1.82, 2.24) is 0 Å². The van der Waals surface area contributed by atoms with Crippen LogP contribution < -0.4 is 10.5 Å². The standard InChI is InChI=1S/C14H21NOS/c1-13(2,3)10-8-6-7-9-11(10)16-14(4,5)12(15)17/h6-9H,1-5H3,(H2,15,17). The van der Waals surface area contributed by atoms with Crippen molar-refractivity contribution in [2.24, 2.45) is 5.73 Å². The fourth-order valence-electron chi connectivity index (χ4n) is 1.50. The molecule has 0 spiro atoms. The first-order valence-electron chi connectivity index (χ1n) is 5.73. The number of hydrogen-bond acceptors (Lipinski definition) is 2. The number of rotatable bonds is 3. The van der Waals surface area contributed by atoms with Crippen molar-refractivity contribution in [3.05, 3.63) is 29.8 Å². The monoisotopic (exact) mass is 251 g/mol. The fourth-order valence-corrected chi connectivity index (χ4v) is 1.54. The van der Waals surface area contributed by atoms with Gasteiger partial charge in [-0.3, -0.25) is 0 Å². The van der Waals surface area contributed by atoms with Gasteiger partial charge in [-0.05, 0) is 30.9 Å². The number of ether oxygens (including phenoxy) is 1. The lowest BCUT2D eigenvalue weighted by Gasteiger charge is -2.29. The van der Waals surface area contributed by atoms with Crippen LogP contribution in [0.5, 0.6) is 5.75 Å². The van der Waals surface area contributed by atoms with Gasteiger partial charge in [-0.15, -0.1) is 0 Å². The van der Waals surface area contributed by atoms with Gasteiger partial charge in [0.15, 0.2) is 5.60 Å². The van der Waals surface area contributed by atoms with E-state index in [2.05, 4.69) is 26.8 Å². The summed E-state index contributed by atoms with van der Waals surface area (Å²) in [6, 6.07) is 8.01. The zero-order chi connectivity index (χ0) is 13.3. The third kappa shape index (κ3) is 3.43. The lowest BCUT2D eigenvalue weighted by Crippen LogP contribution is -2.42. The second kappa shape index (κ2) is 4.65. The quantitative estimate of drug-likeness (QED) is 0.836. The van der Waals surface area contributed by atoms with Crippen molar-refractivity contribution in [1.29, 1.82) is 0 Å². The van der Waals surface area contributed by atoms with Crippen molar-refractivity contribution in [3.63, 3.8) is 0 Å². The minimum absolute atomic E-state index is 0.0306. The zero-order valence-corrected chi connectivity index (χ0v) is 12.0. The molecule has 0 aliphatic rings. The largest absolute Gasteiger partial charge is 0.480 e. The van der Waals surface area contributed by atoms with Crippen LogP contribution in [-0.2, 0) is 5.41 Å². The van der Waals surface area contributed by atoms with Crippen LogP contribution >= 0.6 is 12.2 Å². The molecule has 0 aliphatic heterocycles. The van der Waals surface area contributed by atoms with Crippen LogP contribution in [0.2, 0.25) is 0 Å². The lowest BCUT2D eigenvalue weighted by atomic mass is 9.86. The van der Waals surface area contributed by atoms with Crippen LogP contribution in [0, 0.1) is 0 Å². The van der Waals surface area contributed by atoms with Crippen LogP contribution in [-0.4, -0.2) is 10.6 Å². The highest BCUT2D eigenvalue weighted by Crippen LogP contribution is 2.33. The molecule has 1 aromatic carbocycles. The van der Waals surface area contributed by atoms with E-state index in [1.807, 2.05) is 32.0 Å². The second-order valence-electron chi connectivity index (χ2n) is 5.72. The van der Waals surface area contributed by atoms with E-state index in [9.17, 15) is 0 Å². The molecule has 17 heavy (non-hydrogen) atoms. The maximum atomic E-state index is 5.95. The highest BCUT2D eigenvalue weighted by atomic mass is 32.1. The van der Waals surface area contributed by atoms with Crippen molar-refractivity contribution in [2.75, 3.05) is 0 Å². The average molecular weight is 251 g/mol. The molecule has 0 saturated carbocycles. The van der Waals surface area contributed by atoms with Gasteiger partial charge in [0.2, 0.25) is 0 Å². The molecule has 1 rings (SSSR count). The van der Waals surface area contributed by atoms with Crippen molar-refractivity contribution in [2.45, 2.75) is 45.6 Å². The summed E-state index contributed by atoms with van der Waals surface area (Å²) >= 11 is 5.02. The van der Waals surface area contributed by atoms with Gasteiger partial charge < -0.3 is 10.5 Å². The maximum Gasteiger partial charge on any atom is 0.153 e. The van der Waals surface area contributed by atoms with E-state index in [1.165, 1.54) is 0 Å². The normalized spacial score (nSPS) is 12.3. The Morgan fingerprint density at radius 2 is 1.65 bits per heavy atom. The number of benzene rings is 1. The third-order valence-corrected chi connectivity index (χ3v) is 3.15. The molecule has 2 nitrogen and oxygen atoms in total. The van der Waals surface area contributed by atoms with Crippen LogP contribution in [0.4, 0.5) is 0 Å². The topological polar surface area (TPSA) is 35.2 Å². The number of para-hydroxylation sites is 1. The Hall–Kier alpha value is -1.09. The average Bonchev–Trinajstić information content (AvgIpc) is 2.15. The van der Waals surface area contributed by atoms with Gasteiger partial charge >= 0.3 is 0 Å². The molecular weight excluding hydrogens is 230 g/mol. The van der Waals surface area contributed by atoms with E-state index in [0.717, 1.165) is 11.3 Å². The molecule has 0 aromatic heterocycles. The Labute approximate surface area is 109 Å². The van der Waals surface area contributed by atoms with Gasteiger partial charge in [0.1, 0.15) is 10.7 Å². The second-order valence-corrected chi connectivity index (χ2v) is 6.16. The Kier molecular flexibility index (Phi) is 3.82. The molecule has 94 valence electrons. The highest BCUT2D eigenvalue weighted by Gasteiger charge is 2.27. The predicted octanol–water partition coefficient (Wildman–Crippen LogP) is 3.43. The van der Waals surface area contributed by atoms with E-state index < -0.39 is 5.60 Å². The Morgan fingerprint density at radius 1 is 1.12 bits per heavy atom. The van der Waals surface area contributed by atoms with E-state index in [1.54, 1.807) is 0 Å². The summed E-state index contributed by atoms with van der Waals surface area (Å²) in [4.78, 5) is 0.362. The molecule has 0 amide bonds. The summed E-state index contributed by atoms with van der Waals surface area (Å²) < 4.78 is 5.95. The highest BCUT2D eigenvalue weighted by molar-refractivity contribution is 7.80. The summed E-state index contributed by atoms with van der Waals surface area (Å²) in [6.45, 7) is 10.2. The lowest BCUT2D eigenvalue weighted by molar-refractivity contribution is 0.179. The van der Waals surface area contributed by atoms with E-state index in [0.29, 0.717) is 4.99 Å². The minimum Gasteiger partial charge on any atom is -0.480 e. The molecule has 0 atom stereocenters. The summed E-state index contributed by atoms with van der Waals surface area (Å²) in [6.07, 6.45) is 0. The van der Waals surface area contributed by atoms with Gasteiger partial charge in [-0.1, -0.05) is 51.2 Å². The minimum atomic E-state index is -0.628. The molecule has 0 fully saturated rings. The Balaban J connectivity index is 3.12. The van der Waals surface area contributed by atoms with Crippen LogP contribution in [0.25, 0.3) is 0 Å². The predicted molar refractivity (Wildman–Crippen MR) is 76.6 cm³/mol. The molecule has 3 heteroatoms. The Bertz CT molecular complexity index is 418. The van der Waals surface area contributed by atoms with Gasteiger partial charge in [-0.2, -0.15) is 0 Å². The molecular formula is C14H21NOS. The number of hydrogen-bond donors (Lipinski definition) is 1. The first-order chi connectivity index (χ1) is 7.64. The van der Waals surface area contributed by atoms with Crippen LogP contribution in [0.15, 0.2) is 24.3 Å². The summed E-state index contributed by atoms with van der Waals surface area (Å²) in [7, 11) is 0. The SMILES string of the molecule is CC(C)(Oc1ccccc1C(C)(C)C)C(N)=S. The molecule has 2 N–H and O–H groups in total. The molecule has 1 aromatic rings. The molecule has 0 saturated heterocycles. The van der Waals surface area contributed by atoms with Crippen LogP contribution in [0.3, 0.4) is 0 Å². The van der Waals surface area contributed by atoms with Gasteiger partial charge in [0.25, 0.3) is 0 Å². The van der Waals surface area contributed by atoms with Crippen LogP contribution in [0.1, 0.15) is 40.2 Å².